The van der Waals surface area contributed by atoms with Crippen molar-refractivity contribution in [2.24, 2.45) is 0 Å². The maximum atomic E-state index is 5.27. The molecular weight excluding hydrogens is 242 g/mol. The van der Waals surface area contributed by atoms with Crippen LogP contribution < -0.4 is 0 Å². The van der Waals surface area contributed by atoms with E-state index < -0.39 is 0 Å². The monoisotopic (exact) mass is 253 g/mol. The summed E-state index contributed by atoms with van der Waals surface area (Å²) in [5.74, 6) is 0. The zero-order valence-corrected chi connectivity index (χ0v) is 9.67. The Morgan fingerprint density at radius 1 is 1.43 bits per heavy atom. The van der Waals surface area contributed by atoms with Gasteiger partial charge in [0.25, 0.3) is 0 Å². The van der Waals surface area contributed by atoms with E-state index in [2.05, 4.69) is 46.2 Å². The first kappa shape index (κ1) is 9.71. The lowest BCUT2D eigenvalue weighted by molar-refractivity contribution is 0.447. The molecule has 0 saturated heterocycles. The van der Waals surface area contributed by atoms with Crippen molar-refractivity contribution in [1.82, 2.24) is 5.16 Å². The Morgan fingerprint density at radius 3 is 3.00 bits per heavy atom. The number of halogens is 1. The summed E-state index contributed by atoms with van der Waals surface area (Å²) >= 11 is 3.40. The van der Waals surface area contributed by atoms with Crippen molar-refractivity contribution < 1.29 is 4.52 Å². The van der Waals surface area contributed by atoms with Crippen LogP contribution >= 0.6 is 15.9 Å². The Bertz CT molecular complexity index is 436. The third-order valence-corrected chi connectivity index (χ3v) is 2.75. The molecule has 0 fully saturated rings. The van der Waals surface area contributed by atoms with Gasteiger partial charge in [0, 0.05) is 17.1 Å². The average molecular weight is 254 g/mol. The molecule has 0 unspecified atom stereocenters. The van der Waals surface area contributed by atoms with Gasteiger partial charge in [-0.3, -0.25) is 0 Å². The van der Waals surface area contributed by atoms with E-state index in [1.54, 1.807) is 0 Å². The Morgan fingerprint density at radius 2 is 2.29 bits per heavy atom. The third kappa shape index (κ3) is 1.69. The highest BCUT2D eigenvalue weighted by Gasteiger charge is 2.07. The van der Waals surface area contributed by atoms with Crippen LogP contribution in [0.1, 0.15) is 18.2 Å². The quantitative estimate of drug-likeness (QED) is 0.785. The van der Waals surface area contributed by atoms with Crippen molar-refractivity contribution in [1.29, 1.82) is 0 Å². The molecule has 74 valence electrons. The molecule has 0 saturated carbocycles. The highest BCUT2D eigenvalue weighted by Crippen LogP contribution is 2.20. The normalized spacial score (nSPS) is 11.0. The molecule has 0 aliphatic heterocycles. The second kappa shape index (κ2) is 4.13. The summed E-state index contributed by atoms with van der Waals surface area (Å²) in [4.78, 5) is 0. The summed E-state index contributed by atoms with van der Waals surface area (Å²) < 4.78 is 5.27. The second-order valence-electron chi connectivity index (χ2n) is 3.25. The fourth-order valence-corrected chi connectivity index (χ4v) is 1.90. The van der Waals surface area contributed by atoms with E-state index in [1.807, 2.05) is 0 Å². The van der Waals surface area contributed by atoms with Gasteiger partial charge in [0.2, 0.25) is 0 Å². The van der Waals surface area contributed by atoms with Crippen LogP contribution in [-0.2, 0) is 12.8 Å². The van der Waals surface area contributed by atoms with Crippen molar-refractivity contribution in [2.75, 3.05) is 5.33 Å². The van der Waals surface area contributed by atoms with Crippen LogP contribution in [-0.4, -0.2) is 10.5 Å². The highest BCUT2D eigenvalue weighted by molar-refractivity contribution is 9.09. The number of alkyl halides is 1. The molecule has 2 aromatic rings. The van der Waals surface area contributed by atoms with Gasteiger partial charge in [-0.2, -0.15) is 0 Å². The second-order valence-corrected chi connectivity index (χ2v) is 4.05. The largest absolute Gasteiger partial charge is 0.356 e. The molecule has 0 spiro atoms. The maximum absolute atomic E-state index is 5.27. The summed E-state index contributed by atoms with van der Waals surface area (Å²) in [7, 11) is 0. The molecule has 0 radical (unpaired) electrons. The molecule has 0 N–H and O–H groups in total. The van der Waals surface area contributed by atoms with E-state index in [4.69, 9.17) is 4.52 Å². The molecule has 1 aromatic carbocycles. The zero-order valence-electron chi connectivity index (χ0n) is 8.09. The van der Waals surface area contributed by atoms with E-state index in [0.717, 1.165) is 34.8 Å². The molecule has 0 aliphatic rings. The highest BCUT2D eigenvalue weighted by atomic mass is 79.9. The van der Waals surface area contributed by atoms with Crippen LogP contribution in [0.25, 0.3) is 11.0 Å². The lowest BCUT2D eigenvalue weighted by Crippen LogP contribution is -1.85. The van der Waals surface area contributed by atoms with Gasteiger partial charge in [-0.15, -0.1) is 0 Å². The summed E-state index contributed by atoms with van der Waals surface area (Å²) in [6, 6.07) is 6.31. The van der Waals surface area contributed by atoms with Crippen LogP contribution in [0.3, 0.4) is 0 Å². The topological polar surface area (TPSA) is 26.0 Å². The van der Waals surface area contributed by atoms with E-state index in [-0.39, 0.29) is 0 Å². The first-order valence-electron chi connectivity index (χ1n) is 4.78. The minimum absolute atomic E-state index is 0.903. The van der Waals surface area contributed by atoms with Gasteiger partial charge in [0.1, 0.15) is 0 Å². The van der Waals surface area contributed by atoms with Crippen LogP contribution in [0.15, 0.2) is 22.7 Å². The lowest BCUT2D eigenvalue weighted by Gasteiger charge is -1.95. The van der Waals surface area contributed by atoms with E-state index in [0.29, 0.717) is 0 Å². The van der Waals surface area contributed by atoms with Gasteiger partial charge in [-0.1, -0.05) is 34.1 Å². The average Bonchev–Trinajstić information content (AvgIpc) is 2.61. The molecule has 3 heteroatoms. The van der Waals surface area contributed by atoms with Crippen LogP contribution in [0.4, 0.5) is 0 Å². The molecule has 0 amide bonds. The molecule has 14 heavy (non-hydrogen) atoms. The van der Waals surface area contributed by atoms with Crippen molar-refractivity contribution in [3.63, 3.8) is 0 Å². The predicted molar refractivity (Wildman–Crippen MR) is 60.9 cm³/mol. The fraction of sp³-hybridized carbons (Fsp3) is 0.364. The van der Waals surface area contributed by atoms with Gasteiger partial charge in [0.15, 0.2) is 5.58 Å². The standard InChI is InChI=1S/C11H12BrNO/c1-2-8-3-4-9-10(5-6-12)13-14-11(9)7-8/h3-4,7H,2,5-6H2,1H3. The van der Waals surface area contributed by atoms with Crippen molar-refractivity contribution in [3.8, 4) is 0 Å². The van der Waals surface area contributed by atoms with Gasteiger partial charge >= 0.3 is 0 Å². The Balaban J connectivity index is 2.48. The van der Waals surface area contributed by atoms with Crippen molar-refractivity contribution in [2.45, 2.75) is 19.8 Å². The first-order valence-corrected chi connectivity index (χ1v) is 5.90. The van der Waals surface area contributed by atoms with Crippen LogP contribution in [0.2, 0.25) is 0 Å². The number of aryl methyl sites for hydroxylation is 2. The summed E-state index contributed by atoms with van der Waals surface area (Å²) in [6.07, 6.45) is 1.95. The van der Waals surface area contributed by atoms with Gasteiger partial charge in [-0.05, 0) is 24.1 Å². The van der Waals surface area contributed by atoms with E-state index in [1.165, 1.54) is 5.56 Å². The van der Waals surface area contributed by atoms with Gasteiger partial charge in [0.05, 0.1) is 5.69 Å². The molecule has 0 aliphatic carbocycles. The van der Waals surface area contributed by atoms with Crippen LogP contribution in [0, 0.1) is 0 Å². The Kier molecular flexibility index (Phi) is 2.87. The number of hydrogen-bond donors (Lipinski definition) is 0. The van der Waals surface area contributed by atoms with Crippen LogP contribution in [0.5, 0.6) is 0 Å². The number of rotatable bonds is 3. The lowest BCUT2D eigenvalue weighted by atomic mass is 10.1. The Labute approximate surface area is 91.4 Å². The smallest absolute Gasteiger partial charge is 0.167 e. The fourth-order valence-electron chi connectivity index (χ4n) is 1.52. The SMILES string of the molecule is CCc1ccc2c(CCBr)noc2c1. The number of nitrogens with zero attached hydrogens (tertiary/aromatic N) is 1. The number of benzene rings is 1. The molecule has 0 atom stereocenters. The first-order chi connectivity index (χ1) is 6.85. The van der Waals surface area contributed by atoms with E-state index >= 15 is 0 Å². The Hall–Kier alpha value is -0.830. The number of hydrogen-bond acceptors (Lipinski definition) is 2. The zero-order chi connectivity index (χ0) is 9.97. The predicted octanol–water partition coefficient (Wildman–Crippen LogP) is 3.33. The molecule has 0 bridgehead atoms. The summed E-state index contributed by atoms with van der Waals surface area (Å²) in [6.45, 7) is 2.14. The summed E-state index contributed by atoms with van der Waals surface area (Å²) in [5, 5.41) is 6.12. The molecule has 2 rings (SSSR count). The van der Waals surface area contributed by atoms with Crippen molar-refractivity contribution >= 4 is 26.9 Å². The minimum atomic E-state index is 0.903. The van der Waals surface area contributed by atoms with E-state index in [9.17, 15) is 0 Å². The number of fused-ring (bicyclic) bond motifs is 1. The number of aromatic nitrogens is 1. The minimum Gasteiger partial charge on any atom is -0.356 e. The molecular formula is C11H12BrNO. The van der Waals surface area contributed by atoms with Gasteiger partial charge in [-0.25, -0.2) is 0 Å². The third-order valence-electron chi connectivity index (χ3n) is 2.35. The maximum Gasteiger partial charge on any atom is 0.167 e. The van der Waals surface area contributed by atoms with Gasteiger partial charge < -0.3 is 4.52 Å². The molecule has 1 aromatic heterocycles. The van der Waals surface area contributed by atoms with Crippen molar-refractivity contribution in [3.05, 3.63) is 29.5 Å². The molecule has 2 nitrogen and oxygen atoms in total. The molecule has 1 heterocycles. The summed E-state index contributed by atoms with van der Waals surface area (Å²) in [5.41, 5.74) is 3.24.